The van der Waals surface area contributed by atoms with Crippen LogP contribution in [-0.4, -0.2) is 47.0 Å². The van der Waals surface area contributed by atoms with E-state index in [1.54, 1.807) is 23.7 Å². The topological polar surface area (TPSA) is 197 Å². The first kappa shape index (κ1) is 38.2. The Bertz CT molecular complexity index is 2030. The highest BCUT2D eigenvalue weighted by molar-refractivity contribution is 8.00. The SMILES string of the molecule is CCc1c(C#N)c(SC(C(N)=O)c2ccccc2)nc(N2CCC(NCc3ccc(C(=O)NCc4ccc(/C=C/C(=O)NO)cc4)cc3)CC2)c1C#N. The number of nitrogens with two attached hydrogens (primary N) is 1. The van der Waals surface area contributed by atoms with E-state index in [9.17, 15) is 24.9 Å². The molecule has 6 N–H and O–H groups in total. The summed E-state index contributed by atoms with van der Waals surface area (Å²) >= 11 is 1.14. The normalized spacial score (nSPS) is 13.5. The average Bonchev–Trinajstić information content (AvgIpc) is 3.20. The van der Waals surface area contributed by atoms with Gasteiger partial charge >= 0.3 is 0 Å². The number of carbonyl (C=O) groups excluding carboxylic acids is 3. The summed E-state index contributed by atoms with van der Waals surface area (Å²) in [6.45, 7) is 4.17. The molecule has 0 radical (unpaired) electrons. The third kappa shape index (κ3) is 9.87. The highest BCUT2D eigenvalue weighted by Crippen LogP contribution is 2.40. The molecule has 3 aromatic carbocycles. The molecular weight excluding hydrogens is 689 g/mol. The summed E-state index contributed by atoms with van der Waals surface area (Å²) in [4.78, 5) is 43.4. The predicted molar refractivity (Wildman–Crippen MR) is 202 cm³/mol. The first-order valence-electron chi connectivity index (χ1n) is 17.2. The number of rotatable bonds is 14. The maximum absolute atomic E-state index is 12.8. The lowest BCUT2D eigenvalue weighted by Crippen LogP contribution is -2.43. The molecule has 1 aromatic heterocycles. The lowest BCUT2D eigenvalue weighted by atomic mass is 9.99. The number of nitrogens with one attached hydrogen (secondary N) is 3. The summed E-state index contributed by atoms with van der Waals surface area (Å²) in [5.74, 6) is -0.820. The molecule has 0 bridgehead atoms. The Hall–Kier alpha value is -5.99. The molecule has 1 saturated heterocycles. The van der Waals surface area contributed by atoms with Crippen molar-refractivity contribution in [1.82, 2.24) is 21.1 Å². The van der Waals surface area contributed by atoms with Crippen molar-refractivity contribution in [3.05, 3.63) is 129 Å². The van der Waals surface area contributed by atoms with Crippen LogP contribution in [0.25, 0.3) is 6.08 Å². The number of thioether (sulfide) groups is 1. The Morgan fingerprint density at radius 1 is 0.962 bits per heavy atom. The summed E-state index contributed by atoms with van der Waals surface area (Å²) < 4.78 is 0. The average molecular weight is 729 g/mol. The van der Waals surface area contributed by atoms with Gasteiger partial charge < -0.3 is 21.3 Å². The summed E-state index contributed by atoms with van der Waals surface area (Å²) in [5, 5.41) is 35.1. The molecule has 0 aliphatic carbocycles. The molecule has 2 heterocycles. The van der Waals surface area contributed by atoms with Gasteiger partial charge in [-0.3, -0.25) is 19.6 Å². The van der Waals surface area contributed by atoms with E-state index in [2.05, 4.69) is 27.7 Å². The number of piperidine rings is 1. The van der Waals surface area contributed by atoms with Gasteiger partial charge in [0.05, 0.1) is 11.1 Å². The lowest BCUT2D eigenvalue weighted by Gasteiger charge is -2.34. The van der Waals surface area contributed by atoms with Crippen LogP contribution in [0.4, 0.5) is 5.82 Å². The minimum Gasteiger partial charge on any atom is -0.368 e. The molecule has 53 heavy (non-hydrogen) atoms. The number of hydrogen-bond acceptors (Lipinski definition) is 10. The van der Waals surface area contributed by atoms with Crippen LogP contribution < -0.4 is 26.7 Å². The molecule has 0 saturated carbocycles. The van der Waals surface area contributed by atoms with Crippen LogP contribution in [0.15, 0.2) is 90.0 Å². The van der Waals surface area contributed by atoms with Gasteiger partial charge in [0, 0.05) is 43.9 Å². The van der Waals surface area contributed by atoms with Crippen molar-refractivity contribution in [3.8, 4) is 12.1 Å². The fraction of sp³-hybridized carbons (Fsp3) is 0.250. The summed E-state index contributed by atoms with van der Waals surface area (Å²) in [6, 6.07) is 28.7. The Balaban J connectivity index is 1.16. The van der Waals surface area contributed by atoms with E-state index in [0.29, 0.717) is 71.3 Å². The second kappa shape index (κ2) is 18.5. The van der Waals surface area contributed by atoms with Gasteiger partial charge in [-0.15, -0.1) is 0 Å². The first-order valence-corrected chi connectivity index (χ1v) is 18.1. The molecule has 1 aliphatic heterocycles. The number of nitrogens with zero attached hydrogens (tertiary/aromatic N) is 4. The highest BCUT2D eigenvalue weighted by atomic mass is 32.2. The standard InChI is InChI=1S/C40H40N8O4S/c1-2-32-33(22-41)38(46-40(34(32)23-42)53-36(37(43)50)29-6-4-3-5-7-29)48-20-18-31(19-21-48)44-24-28-12-15-30(16-13-28)39(51)45-25-27-10-8-26(9-11-27)14-17-35(49)47-52/h3-17,31,36,44,52H,2,18-21,24-25H2,1H3,(H2,43,50)(H,45,51)(H,47,49)/b17-14+. The molecule has 13 heteroatoms. The van der Waals surface area contributed by atoms with Crippen LogP contribution in [0.2, 0.25) is 0 Å². The van der Waals surface area contributed by atoms with E-state index >= 15 is 0 Å². The minimum atomic E-state index is -0.747. The Kier molecular flexibility index (Phi) is 13.3. The zero-order valence-electron chi connectivity index (χ0n) is 29.2. The van der Waals surface area contributed by atoms with E-state index in [1.165, 1.54) is 6.08 Å². The van der Waals surface area contributed by atoms with Crippen molar-refractivity contribution in [1.29, 1.82) is 10.5 Å². The number of benzene rings is 3. The first-order chi connectivity index (χ1) is 25.7. The number of hydroxylamine groups is 1. The largest absolute Gasteiger partial charge is 0.368 e. The summed E-state index contributed by atoms with van der Waals surface area (Å²) in [7, 11) is 0. The monoisotopic (exact) mass is 728 g/mol. The van der Waals surface area contributed by atoms with Crippen LogP contribution >= 0.6 is 11.8 Å². The Morgan fingerprint density at radius 3 is 2.21 bits per heavy atom. The lowest BCUT2D eigenvalue weighted by molar-refractivity contribution is -0.124. The van der Waals surface area contributed by atoms with Gasteiger partial charge in [-0.1, -0.05) is 85.4 Å². The number of anilines is 1. The number of pyridine rings is 1. The summed E-state index contributed by atoms with van der Waals surface area (Å²) in [5.41, 5.74) is 12.6. The second-order valence-electron chi connectivity index (χ2n) is 12.4. The van der Waals surface area contributed by atoms with Gasteiger partial charge in [0.1, 0.15) is 28.2 Å². The molecule has 0 spiro atoms. The van der Waals surface area contributed by atoms with Crippen molar-refractivity contribution < 1.29 is 19.6 Å². The Labute approximate surface area is 312 Å². The highest BCUT2D eigenvalue weighted by Gasteiger charge is 2.29. The smallest absolute Gasteiger partial charge is 0.267 e. The molecule has 1 unspecified atom stereocenters. The van der Waals surface area contributed by atoms with Crippen LogP contribution in [0, 0.1) is 22.7 Å². The van der Waals surface area contributed by atoms with Gasteiger partial charge in [-0.25, -0.2) is 10.5 Å². The zero-order chi connectivity index (χ0) is 37.7. The number of primary amides is 1. The molecule has 4 aromatic rings. The molecular formula is C40H40N8O4S. The molecule has 1 fully saturated rings. The van der Waals surface area contributed by atoms with Crippen molar-refractivity contribution in [2.75, 3.05) is 18.0 Å². The third-order valence-corrected chi connectivity index (χ3v) is 10.3. The molecule has 3 amide bonds. The second-order valence-corrected chi connectivity index (χ2v) is 13.5. The van der Waals surface area contributed by atoms with Gasteiger partial charge in [0.2, 0.25) is 5.91 Å². The van der Waals surface area contributed by atoms with Crippen LogP contribution in [0.5, 0.6) is 0 Å². The van der Waals surface area contributed by atoms with E-state index in [0.717, 1.165) is 41.3 Å². The molecule has 12 nitrogen and oxygen atoms in total. The van der Waals surface area contributed by atoms with Crippen molar-refractivity contribution in [3.63, 3.8) is 0 Å². The van der Waals surface area contributed by atoms with Gasteiger partial charge in [-0.2, -0.15) is 10.5 Å². The third-order valence-electron chi connectivity index (χ3n) is 8.99. The predicted octanol–water partition coefficient (Wildman–Crippen LogP) is 4.91. The van der Waals surface area contributed by atoms with Crippen molar-refractivity contribution in [2.45, 2.75) is 55.6 Å². The fourth-order valence-corrected chi connectivity index (χ4v) is 7.16. The number of nitriles is 2. The minimum absolute atomic E-state index is 0.188. The van der Waals surface area contributed by atoms with E-state index < -0.39 is 17.1 Å². The van der Waals surface area contributed by atoms with E-state index in [-0.39, 0.29) is 11.9 Å². The van der Waals surface area contributed by atoms with Crippen molar-refractivity contribution >= 4 is 41.4 Å². The van der Waals surface area contributed by atoms with Gasteiger partial charge in [0.25, 0.3) is 11.8 Å². The van der Waals surface area contributed by atoms with Gasteiger partial charge in [0.15, 0.2) is 0 Å². The Morgan fingerprint density at radius 2 is 1.60 bits per heavy atom. The number of hydrogen-bond donors (Lipinski definition) is 5. The van der Waals surface area contributed by atoms with E-state index in [4.69, 9.17) is 15.9 Å². The van der Waals surface area contributed by atoms with Crippen molar-refractivity contribution in [2.24, 2.45) is 5.73 Å². The zero-order valence-corrected chi connectivity index (χ0v) is 30.0. The van der Waals surface area contributed by atoms with Crippen LogP contribution in [0.1, 0.15) is 74.3 Å². The number of carbonyl (C=O) groups is 3. The van der Waals surface area contributed by atoms with Crippen LogP contribution in [-0.2, 0) is 29.1 Å². The number of amides is 3. The quantitative estimate of drug-likeness (QED) is 0.0515. The molecule has 5 rings (SSSR count). The molecule has 1 aliphatic rings. The van der Waals surface area contributed by atoms with E-state index in [1.807, 2.05) is 73.7 Å². The summed E-state index contributed by atoms with van der Waals surface area (Å²) in [6.07, 6.45) is 4.86. The van der Waals surface area contributed by atoms with Gasteiger partial charge in [-0.05, 0) is 65.3 Å². The maximum atomic E-state index is 12.8. The fourth-order valence-electron chi connectivity index (χ4n) is 6.10. The number of aromatic nitrogens is 1. The molecule has 1 atom stereocenters. The van der Waals surface area contributed by atoms with Crippen LogP contribution in [0.3, 0.4) is 0 Å². The molecule has 270 valence electrons. The maximum Gasteiger partial charge on any atom is 0.267 e.